The zero-order valence-electron chi connectivity index (χ0n) is 10.8. The van der Waals surface area contributed by atoms with Gasteiger partial charge in [0.1, 0.15) is 0 Å². The highest BCUT2D eigenvalue weighted by molar-refractivity contribution is 5.93. The average Bonchev–Trinajstić information content (AvgIpc) is 2.37. The first-order chi connectivity index (χ1) is 8.67. The highest BCUT2D eigenvalue weighted by Crippen LogP contribution is 2.07. The van der Waals surface area contributed by atoms with E-state index in [9.17, 15) is 9.90 Å². The summed E-state index contributed by atoms with van der Waals surface area (Å²) in [6, 6.07) is 3.31. The number of hydrogen-bond acceptors (Lipinski definition) is 4. The number of pyridine rings is 1. The fourth-order valence-corrected chi connectivity index (χ4v) is 1.50. The van der Waals surface area contributed by atoms with Crippen LogP contribution >= 0.6 is 0 Å². The van der Waals surface area contributed by atoms with Crippen molar-refractivity contribution in [2.24, 2.45) is 0 Å². The van der Waals surface area contributed by atoms with Crippen LogP contribution in [-0.4, -0.2) is 35.3 Å². The van der Waals surface area contributed by atoms with Crippen LogP contribution in [0.5, 0.6) is 5.88 Å². The molecule has 5 heteroatoms. The van der Waals surface area contributed by atoms with E-state index in [0.29, 0.717) is 24.5 Å². The number of aliphatic hydroxyl groups excluding tert-OH is 1. The third-order valence-corrected chi connectivity index (χ3v) is 2.41. The molecular formula is C13H20N2O3. The Morgan fingerprint density at radius 3 is 2.83 bits per heavy atom. The van der Waals surface area contributed by atoms with Gasteiger partial charge in [-0.3, -0.25) is 4.79 Å². The average molecular weight is 252 g/mol. The molecule has 1 aromatic heterocycles. The summed E-state index contributed by atoms with van der Waals surface area (Å²) in [5.74, 6) is 0.265. The van der Waals surface area contributed by atoms with Crippen molar-refractivity contribution < 1.29 is 14.6 Å². The third-order valence-electron chi connectivity index (χ3n) is 2.41. The van der Waals surface area contributed by atoms with Gasteiger partial charge in [0.15, 0.2) is 0 Å². The van der Waals surface area contributed by atoms with E-state index in [0.717, 1.165) is 6.42 Å². The Bertz CT molecular complexity index is 365. The van der Waals surface area contributed by atoms with E-state index in [4.69, 9.17) is 4.74 Å². The maximum atomic E-state index is 11.7. The molecule has 1 aromatic rings. The van der Waals surface area contributed by atoms with Gasteiger partial charge in [0.2, 0.25) is 5.88 Å². The van der Waals surface area contributed by atoms with Gasteiger partial charge in [-0.05, 0) is 19.4 Å². The highest BCUT2D eigenvalue weighted by atomic mass is 16.5. The first-order valence-corrected chi connectivity index (χ1v) is 6.22. The normalized spacial score (nSPS) is 11.9. The Labute approximate surface area is 107 Å². The standard InChI is InChI=1S/C13H20N2O3/c1-3-5-11(16)9-15-13(17)10-6-7-12(14-8-10)18-4-2/h6-8,11,16H,3-5,9H2,1-2H3,(H,15,17). The Morgan fingerprint density at radius 1 is 1.50 bits per heavy atom. The Kier molecular flexibility index (Phi) is 6.14. The lowest BCUT2D eigenvalue weighted by molar-refractivity contribution is 0.0909. The Morgan fingerprint density at radius 2 is 2.28 bits per heavy atom. The molecule has 0 aliphatic heterocycles. The molecule has 0 spiro atoms. The number of amides is 1. The summed E-state index contributed by atoms with van der Waals surface area (Å²) in [5.41, 5.74) is 0.460. The molecule has 0 saturated heterocycles. The van der Waals surface area contributed by atoms with E-state index in [1.807, 2.05) is 13.8 Å². The zero-order chi connectivity index (χ0) is 13.4. The number of rotatable bonds is 7. The van der Waals surface area contributed by atoms with Crippen LogP contribution in [-0.2, 0) is 0 Å². The van der Waals surface area contributed by atoms with Gasteiger partial charge in [-0.25, -0.2) is 4.98 Å². The first-order valence-electron chi connectivity index (χ1n) is 6.22. The van der Waals surface area contributed by atoms with Crippen LogP contribution in [0.25, 0.3) is 0 Å². The molecule has 0 radical (unpaired) electrons. The molecule has 0 bridgehead atoms. The molecule has 1 heterocycles. The van der Waals surface area contributed by atoms with Gasteiger partial charge in [0.05, 0.1) is 18.3 Å². The zero-order valence-corrected chi connectivity index (χ0v) is 10.8. The summed E-state index contributed by atoms with van der Waals surface area (Å²) in [6.45, 7) is 4.67. The van der Waals surface area contributed by atoms with Crippen molar-refractivity contribution >= 4 is 5.91 Å². The molecule has 1 rings (SSSR count). The molecule has 0 aromatic carbocycles. The first kappa shape index (κ1) is 14.4. The van der Waals surface area contributed by atoms with Gasteiger partial charge in [0.25, 0.3) is 5.91 Å². The second kappa shape index (κ2) is 7.66. The molecule has 0 aliphatic carbocycles. The maximum absolute atomic E-state index is 11.7. The Hall–Kier alpha value is -1.62. The minimum absolute atomic E-state index is 0.235. The lowest BCUT2D eigenvalue weighted by Crippen LogP contribution is -2.32. The Balaban J connectivity index is 2.46. The SMILES string of the molecule is CCCC(O)CNC(=O)c1ccc(OCC)nc1. The van der Waals surface area contributed by atoms with Gasteiger partial charge < -0.3 is 15.2 Å². The molecule has 5 nitrogen and oxygen atoms in total. The summed E-state index contributed by atoms with van der Waals surface area (Å²) >= 11 is 0. The fourth-order valence-electron chi connectivity index (χ4n) is 1.50. The number of aromatic nitrogens is 1. The van der Waals surface area contributed by atoms with Crippen LogP contribution < -0.4 is 10.1 Å². The maximum Gasteiger partial charge on any atom is 0.252 e. The summed E-state index contributed by atoms with van der Waals surface area (Å²) in [5, 5.41) is 12.2. The van der Waals surface area contributed by atoms with Crippen molar-refractivity contribution in [1.82, 2.24) is 10.3 Å². The van der Waals surface area contributed by atoms with E-state index < -0.39 is 6.10 Å². The predicted octanol–water partition coefficient (Wildman–Crippen LogP) is 1.37. The van der Waals surface area contributed by atoms with Gasteiger partial charge in [-0.1, -0.05) is 13.3 Å². The molecule has 2 N–H and O–H groups in total. The molecule has 0 saturated carbocycles. The monoisotopic (exact) mass is 252 g/mol. The van der Waals surface area contributed by atoms with Crippen molar-refractivity contribution in [3.63, 3.8) is 0 Å². The van der Waals surface area contributed by atoms with E-state index in [1.54, 1.807) is 12.1 Å². The van der Waals surface area contributed by atoms with Crippen molar-refractivity contribution in [2.45, 2.75) is 32.8 Å². The van der Waals surface area contributed by atoms with Gasteiger partial charge in [0, 0.05) is 18.8 Å². The van der Waals surface area contributed by atoms with E-state index >= 15 is 0 Å². The summed E-state index contributed by atoms with van der Waals surface area (Å²) in [4.78, 5) is 15.7. The minimum Gasteiger partial charge on any atom is -0.478 e. The van der Waals surface area contributed by atoms with Crippen LogP contribution in [0.4, 0.5) is 0 Å². The molecule has 0 fully saturated rings. The molecule has 100 valence electrons. The lowest BCUT2D eigenvalue weighted by atomic mass is 10.2. The van der Waals surface area contributed by atoms with E-state index in [2.05, 4.69) is 10.3 Å². The third kappa shape index (κ3) is 4.71. The van der Waals surface area contributed by atoms with Crippen molar-refractivity contribution in [2.75, 3.05) is 13.2 Å². The fraction of sp³-hybridized carbons (Fsp3) is 0.538. The number of nitrogens with one attached hydrogen (secondary N) is 1. The molecule has 18 heavy (non-hydrogen) atoms. The molecule has 1 unspecified atom stereocenters. The minimum atomic E-state index is -0.491. The van der Waals surface area contributed by atoms with Gasteiger partial charge >= 0.3 is 0 Å². The lowest BCUT2D eigenvalue weighted by Gasteiger charge is -2.10. The van der Waals surface area contributed by atoms with Crippen LogP contribution in [0.2, 0.25) is 0 Å². The largest absolute Gasteiger partial charge is 0.478 e. The summed E-state index contributed by atoms with van der Waals surface area (Å²) < 4.78 is 5.19. The number of carbonyl (C=O) groups excluding carboxylic acids is 1. The van der Waals surface area contributed by atoms with Gasteiger partial charge in [-0.15, -0.1) is 0 Å². The number of hydrogen-bond donors (Lipinski definition) is 2. The second-order valence-corrected chi connectivity index (χ2v) is 3.97. The predicted molar refractivity (Wildman–Crippen MR) is 68.7 cm³/mol. The van der Waals surface area contributed by atoms with Crippen LogP contribution in [0.1, 0.15) is 37.0 Å². The summed E-state index contributed by atoms with van der Waals surface area (Å²) in [6.07, 6.45) is 2.55. The summed E-state index contributed by atoms with van der Waals surface area (Å²) in [7, 11) is 0. The number of carbonyl (C=O) groups is 1. The molecule has 1 amide bonds. The number of ether oxygens (including phenoxy) is 1. The van der Waals surface area contributed by atoms with Crippen molar-refractivity contribution in [1.29, 1.82) is 0 Å². The highest BCUT2D eigenvalue weighted by Gasteiger charge is 2.08. The van der Waals surface area contributed by atoms with Crippen LogP contribution in [0, 0.1) is 0 Å². The van der Waals surface area contributed by atoms with E-state index in [1.165, 1.54) is 6.20 Å². The van der Waals surface area contributed by atoms with Crippen LogP contribution in [0.15, 0.2) is 18.3 Å². The number of aliphatic hydroxyl groups is 1. The van der Waals surface area contributed by atoms with E-state index in [-0.39, 0.29) is 12.5 Å². The molecule has 1 atom stereocenters. The number of nitrogens with zero attached hydrogens (tertiary/aromatic N) is 1. The van der Waals surface area contributed by atoms with Crippen molar-refractivity contribution in [3.8, 4) is 5.88 Å². The second-order valence-electron chi connectivity index (χ2n) is 3.97. The molecule has 0 aliphatic rings. The topological polar surface area (TPSA) is 71.5 Å². The van der Waals surface area contributed by atoms with Crippen LogP contribution in [0.3, 0.4) is 0 Å². The van der Waals surface area contributed by atoms with Gasteiger partial charge in [-0.2, -0.15) is 0 Å². The quantitative estimate of drug-likeness (QED) is 0.769. The molecular weight excluding hydrogens is 232 g/mol. The smallest absolute Gasteiger partial charge is 0.252 e. The van der Waals surface area contributed by atoms with Crippen molar-refractivity contribution in [3.05, 3.63) is 23.9 Å².